The van der Waals surface area contributed by atoms with Crippen LogP contribution in [-0.2, 0) is 6.54 Å². The number of carbonyl (C=O) groups is 1. The van der Waals surface area contributed by atoms with E-state index in [1.54, 1.807) is 0 Å². The lowest BCUT2D eigenvalue weighted by Gasteiger charge is -2.33. The minimum atomic E-state index is -0.0394. The van der Waals surface area contributed by atoms with E-state index in [0.717, 1.165) is 58.4 Å². The first-order valence-electron chi connectivity index (χ1n) is 10.3. The minimum Gasteiger partial charge on any atom is -0.396 e. The molecule has 2 amide bonds. The molecule has 1 aromatic rings. The number of benzene rings is 1. The Morgan fingerprint density at radius 2 is 2.00 bits per heavy atom. The van der Waals surface area contributed by atoms with Crippen molar-refractivity contribution in [2.45, 2.75) is 57.3 Å². The van der Waals surface area contributed by atoms with Crippen LogP contribution in [0.2, 0.25) is 0 Å². The number of piperidine rings is 1. The zero-order valence-corrected chi connectivity index (χ0v) is 16.4. The Morgan fingerprint density at radius 1 is 1.19 bits per heavy atom. The molecular formula is C21H34N4O2. The lowest BCUT2D eigenvalue weighted by atomic mass is 10.1. The number of urea groups is 1. The topological polar surface area (TPSA) is 67.8 Å². The van der Waals surface area contributed by atoms with Crippen molar-refractivity contribution < 1.29 is 9.90 Å². The van der Waals surface area contributed by atoms with Crippen molar-refractivity contribution in [2.75, 3.05) is 32.8 Å². The molecule has 2 saturated heterocycles. The number of hydrogen-bond acceptors (Lipinski definition) is 4. The van der Waals surface area contributed by atoms with Gasteiger partial charge in [0, 0.05) is 50.9 Å². The van der Waals surface area contributed by atoms with Crippen LogP contribution < -0.4 is 10.6 Å². The van der Waals surface area contributed by atoms with Gasteiger partial charge in [0.05, 0.1) is 0 Å². The molecule has 1 aromatic carbocycles. The van der Waals surface area contributed by atoms with Crippen molar-refractivity contribution in [3.8, 4) is 0 Å². The Kier molecular flexibility index (Phi) is 7.50. The molecule has 6 heteroatoms. The molecule has 0 aromatic heterocycles. The van der Waals surface area contributed by atoms with Crippen LogP contribution in [0.5, 0.6) is 0 Å². The van der Waals surface area contributed by atoms with Crippen LogP contribution in [0.1, 0.15) is 38.2 Å². The summed E-state index contributed by atoms with van der Waals surface area (Å²) in [5, 5.41) is 15.4. The number of hydrogen-bond donors (Lipinski definition) is 3. The minimum absolute atomic E-state index is 0.0394. The van der Waals surface area contributed by atoms with E-state index in [0.29, 0.717) is 6.04 Å². The van der Waals surface area contributed by atoms with E-state index in [2.05, 4.69) is 51.6 Å². The van der Waals surface area contributed by atoms with Crippen molar-refractivity contribution in [2.24, 2.45) is 0 Å². The summed E-state index contributed by atoms with van der Waals surface area (Å²) in [6, 6.07) is 11.2. The van der Waals surface area contributed by atoms with Gasteiger partial charge in [-0.25, -0.2) is 4.79 Å². The van der Waals surface area contributed by atoms with Crippen LogP contribution in [0.25, 0.3) is 0 Å². The van der Waals surface area contributed by atoms with Crippen molar-refractivity contribution in [1.29, 1.82) is 0 Å². The summed E-state index contributed by atoms with van der Waals surface area (Å²) in [5.41, 5.74) is 1.32. The van der Waals surface area contributed by atoms with Gasteiger partial charge in [0.25, 0.3) is 0 Å². The number of amides is 2. The fourth-order valence-electron chi connectivity index (χ4n) is 4.30. The van der Waals surface area contributed by atoms with Crippen molar-refractivity contribution in [3.63, 3.8) is 0 Å². The molecule has 27 heavy (non-hydrogen) atoms. The standard InChI is InChI=1S/C21H34N4O2/c1-17-20(10-13-25(17)15-18-7-3-2-4-8-18)23-21(27)22-19-9-5-11-24(16-19)12-6-14-26/h2-4,7-8,17,19-20,26H,5-6,9-16H2,1H3,(H2,22,23,27). The fraction of sp³-hybridized carbons (Fsp3) is 0.667. The Balaban J connectivity index is 1.43. The number of aliphatic hydroxyl groups excluding tert-OH is 1. The third kappa shape index (κ3) is 5.92. The second-order valence-electron chi connectivity index (χ2n) is 7.93. The summed E-state index contributed by atoms with van der Waals surface area (Å²) >= 11 is 0. The van der Waals surface area contributed by atoms with Crippen molar-refractivity contribution >= 4 is 6.03 Å². The molecule has 3 atom stereocenters. The number of nitrogens with one attached hydrogen (secondary N) is 2. The zero-order valence-electron chi connectivity index (χ0n) is 16.4. The zero-order chi connectivity index (χ0) is 19.1. The highest BCUT2D eigenvalue weighted by molar-refractivity contribution is 5.74. The van der Waals surface area contributed by atoms with E-state index in [1.807, 2.05) is 6.07 Å². The molecule has 2 aliphatic heterocycles. The number of likely N-dealkylation sites (tertiary alicyclic amines) is 2. The molecule has 0 saturated carbocycles. The molecule has 2 fully saturated rings. The molecule has 3 N–H and O–H groups in total. The van der Waals surface area contributed by atoms with Crippen molar-refractivity contribution in [3.05, 3.63) is 35.9 Å². The van der Waals surface area contributed by atoms with E-state index in [9.17, 15) is 4.79 Å². The third-order valence-electron chi connectivity index (χ3n) is 5.90. The lowest BCUT2D eigenvalue weighted by molar-refractivity contribution is 0.169. The van der Waals surface area contributed by atoms with E-state index < -0.39 is 0 Å². The highest BCUT2D eigenvalue weighted by atomic mass is 16.3. The van der Waals surface area contributed by atoms with Gasteiger partial charge in [-0.05, 0) is 44.7 Å². The third-order valence-corrected chi connectivity index (χ3v) is 5.90. The summed E-state index contributed by atoms with van der Waals surface area (Å²) in [6.45, 7) is 7.24. The molecule has 2 aliphatic rings. The van der Waals surface area contributed by atoms with Crippen LogP contribution >= 0.6 is 0 Å². The monoisotopic (exact) mass is 374 g/mol. The maximum atomic E-state index is 12.5. The number of nitrogens with zero attached hydrogens (tertiary/aromatic N) is 2. The fourth-order valence-corrected chi connectivity index (χ4v) is 4.30. The molecule has 2 heterocycles. The van der Waals surface area contributed by atoms with Crippen molar-refractivity contribution in [1.82, 2.24) is 20.4 Å². The van der Waals surface area contributed by atoms with E-state index in [4.69, 9.17) is 5.11 Å². The van der Waals surface area contributed by atoms with Gasteiger partial charge >= 0.3 is 6.03 Å². The summed E-state index contributed by atoms with van der Waals surface area (Å²) in [6.07, 6.45) is 3.93. The van der Waals surface area contributed by atoms with Gasteiger partial charge in [-0.2, -0.15) is 0 Å². The maximum absolute atomic E-state index is 12.5. The van der Waals surface area contributed by atoms with E-state index in [-0.39, 0.29) is 24.7 Å². The Hall–Kier alpha value is -1.63. The predicted molar refractivity (Wildman–Crippen MR) is 108 cm³/mol. The highest BCUT2D eigenvalue weighted by Crippen LogP contribution is 2.20. The SMILES string of the molecule is CC1C(NC(=O)NC2CCCN(CCCO)C2)CCN1Cc1ccccc1. The summed E-state index contributed by atoms with van der Waals surface area (Å²) in [7, 11) is 0. The summed E-state index contributed by atoms with van der Waals surface area (Å²) < 4.78 is 0. The van der Waals surface area contributed by atoms with Gasteiger partial charge in [0.15, 0.2) is 0 Å². The molecule has 150 valence electrons. The first-order chi connectivity index (χ1) is 13.2. The molecular weight excluding hydrogens is 340 g/mol. The molecule has 0 radical (unpaired) electrons. The summed E-state index contributed by atoms with van der Waals surface area (Å²) in [5.74, 6) is 0. The normalized spacial score (nSPS) is 26.8. The van der Waals surface area contributed by atoms with E-state index >= 15 is 0 Å². The van der Waals surface area contributed by atoms with Crippen LogP contribution in [0.3, 0.4) is 0 Å². The van der Waals surface area contributed by atoms with Crippen LogP contribution in [0.15, 0.2) is 30.3 Å². The second-order valence-corrected chi connectivity index (χ2v) is 7.93. The largest absolute Gasteiger partial charge is 0.396 e. The number of carbonyl (C=O) groups excluding carboxylic acids is 1. The molecule has 6 nitrogen and oxygen atoms in total. The average Bonchev–Trinajstić information content (AvgIpc) is 3.01. The quantitative estimate of drug-likeness (QED) is 0.681. The maximum Gasteiger partial charge on any atom is 0.315 e. The smallest absolute Gasteiger partial charge is 0.315 e. The second kappa shape index (κ2) is 10.1. The Labute approximate surface area is 162 Å². The highest BCUT2D eigenvalue weighted by Gasteiger charge is 2.32. The lowest BCUT2D eigenvalue weighted by Crippen LogP contribution is -2.53. The predicted octanol–water partition coefficient (Wildman–Crippen LogP) is 1.80. The van der Waals surface area contributed by atoms with Crippen LogP contribution in [0.4, 0.5) is 4.79 Å². The van der Waals surface area contributed by atoms with Crippen LogP contribution in [0, 0.1) is 0 Å². The first kappa shape index (κ1) is 20.1. The van der Waals surface area contributed by atoms with Gasteiger partial charge in [-0.15, -0.1) is 0 Å². The van der Waals surface area contributed by atoms with Gasteiger partial charge in [0.1, 0.15) is 0 Å². The Morgan fingerprint density at radius 3 is 2.78 bits per heavy atom. The average molecular weight is 375 g/mol. The first-order valence-corrected chi connectivity index (χ1v) is 10.3. The van der Waals surface area contributed by atoms with E-state index in [1.165, 1.54) is 5.56 Å². The number of rotatable bonds is 7. The number of aliphatic hydroxyl groups is 1. The van der Waals surface area contributed by atoms with Gasteiger partial charge in [-0.3, -0.25) is 4.90 Å². The van der Waals surface area contributed by atoms with Gasteiger partial charge in [-0.1, -0.05) is 30.3 Å². The van der Waals surface area contributed by atoms with Gasteiger partial charge < -0.3 is 20.6 Å². The van der Waals surface area contributed by atoms with Crippen LogP contribution in [-0.4, -0.2) is 71.8 Å². The Bertz CT molecular complexity index is 583. The molecule has 3 rings (SSSR count). The molecule has 3 unspecified atom stereocenters. The molecule has 0 bridgehead atoms. The molecule has 0 spiro atoms. The summed E-state index contributed by atoms with van der Waals surface area (Å²) in [4.78, 5) is 17.3. The molecule has 0 aliphatic carbocycles. The van der Waals surface area contributed by atoms with Gasteiger partial charge in [0.2, 0.25) is 0 Å².